The van der Waals surface area contributed by atoms with Gasteiger partial charge in [-0.05, 0) is 35.6 Å². The lowest BCUT2D eigenvalue weighted by atomic mass is 9.81. The summed E-state index contributed by atoms with van der Waals surface area (Å²) < 4.78 is 39.5. The van der Waals surface area contributed by atoms with E-state index in [1.165, 1.54) is 0 Å². The molecule has 2 aromatic carbocycles. The third-order valence-electron chi connectivity index (χ3n) is 5.74. The smallest absolute Gasteiger partial charge is 0.367 e. The number of anilines is 1. The molecule has 2 N–H and O–H groups in total. The van der Waals surface area contributed by atoms with Crippen molar-refractivity contribution in [2.24, 2.45) is 5.92 Å². The maximum Gasteiger partial charge on any atom is 0.433 e. The predicted molar refractivity (Wildman–Crippen MR) is 120 cm³/mol. The summed E-state index contributed by atoms with van der Waals surface area (Å²) in [5, 5.41) is 7.63. The van der Waals surface area contributed by atoms with Crippen molar-refractivity contribution in [3.05, 3.63) is 87.8 Å². The van der Waals surface area contributed by atoms with E-state index in [1.54, 1.807) is 6.07 Å². The fourth-order valence-electron chi connectivity index (χ4n) is 4.19. The number of benzene rings is 2. The molecule has 0 spiro atoms. The summed E-state index contributed by atoms with van der Waals surface area (Å²) in [5.41, 5.74) is 1.14. The molecule has 1 fully saturated rings. The number of rotatable bonds is 6. The molecule has 3 aromatic rings. The van der Waals surface area contributed by atoms with Gasteiger partial charge in [-0.2, -0.15) is 13.2 Å². The van der Waals surface area contributed by atoms with E-state index < -0.39 is 11.9 Å². The summed E-state index contributed by atoms with van der Waals surface area (Å²) in [5.74, 6) is 0.333. The van der Waals surface area contributed by atoms with Crippen LogP contribution in [-0.2, 0) is 12.6 Å². The van der Waals surface area contributed by atoms with E-state index in [0.717, 1.165) is 30.1 Å². The lowest BCUT2D eigenvalue weighted by molar-refractivity contribution is -0.141. The van der Waals surface area contributed by atoms with Gasteiger partial charge in [0.25, 0.3) is 0 Å². The molecule has 168 valence electrons. The number of aromatic nitrogens is 2. The third-order valence-corrected chi connectivity index (χ3v) is 6.48. The molecule has 9 heteroatoms. The molecule has 1 aliphatic heterocycles. The molecule has 0 amide bonds. The van der Waals surface area contributed by atoms with Gasteiger partial charge >= 0.3 is 6.18 Å². The maximum atomic E-state index is 13.2. The van der Waals surface area contributed by atoms with Gasteiger partial charge in [0.2, 0.25) is 0 Å². The molecule has 4 nitrogen and oxygen atoms in total. The second-order valence-corrected chi connectivity index (χ2v) is 8.64. The number of nitrogens with one attached hydrogen (secondary N) is 2. The van der Waals surface area contributed by atoms with Crippen LogP contribution >= 0.6 is 23.2 Å². The highest BCUT2D eigenvalue weighted by Gasteiger charge is 2.36. The Kier molecular flexibility index (Phi) is 6.88. The van der Waals surface area contributed by atoms with Crippen LogP contribution in [0.5, 0.6) is 0 Å². The number of halogens is 5. The van der Waals surface area contributed by atoms with Crippen LogP contribution in [0.3, 0.4) is 0 Å². The molecular weight excluding hydrogens is 460 g/mol. The normalized spacial score (nSPS) is 19.7. The summed E-state index contributed by atoms with van der Waals surface area (Å²) in [6.07, 6.45) is -2.98. The Bertz CT molecular complexity index is 1060. The molecule has 32 heavy (non-hydrogen) atoms. The topological polar surface area (TPSA) is 49.8 Å². The average molecular weight is 481 g/mol. The lowest BCUT2D eigenvalue weighted by Crippen LogP contribution is -2.36. The van der Waals surface area contributed by atoms with Gasteiger partial charge in [-0.15, -0.1) is 0 Å². The quantitative estimate of drug-likeness (QED) is 0.466. The molecule has 0 bridgehead atoms. The van der Waals surface area contributed by atoms with Crippen LogP contribution in [-0.4, -0.2) is 29.1 Å². The first-order valence-electron chi connectivity index (χ1n) is 10.2. The van der Waals surface area contributed by atoms with Crippen LogP contribution in [0.1, 0.15) is 22.7 Å². The Balaban J connectivity index is 1.65. The summed E-state index contributed by atoms with van der Waals surface area (Å²) in [6, 6.07) is 16.2. The molecule has 1 aromatic heterocycles. The molecule has 2 heterocycles. The van der Waals surface area contributed by atoms with Crippen molar-refractivity contribution in [1.29, 1.82) is 0 Å². The number of alkyl halides is 3. The second-order valence-electron chi connectivity index (χ2n) is 7.83. The van der Waals surface area contributed by atoms with Gasteiger partial charge in [0.1, 0.15) is 17.8 Å². The minimum Gasteiger partial charge on any atom is -0.367 e. The van der Waals surface area contributed by atoms with Gasteiger partial charge in [-0.25, -0.2) is 9.97 Å². The molecule has 4 rings (SSSR count). The number of hydrogen-bond acceptors (Lipinski definition) is 4. The zero-order chi connectivity index (χ0) is 22.7. The van der Waals surface area contributed by atoms with E-state index in [-0.39, 0.29) is 23.7 Å². The largest absolute Gasteiger partial charge is 0.433 e. The van der Waals surface area contributed by atoms with Gasteiger partial charge in [0.15, 0.2) is 0 Å². The second kappa shape index (κ2) is 9.65. The van der Waals surface area contributed by atoms with Crippen LogP contribution in [0.25, 0.3) is 0 Å². The lowest BCUT2D eigenvalue weighted by Gasteiger charge is -2.30. The van der Waals surface area contributed by atoms with Crippen LogP contribution in [0.2, 0.25) is 10.0 Å². The molecule has 0 aliphatic carbocycles. The summed E-state index contributed by atoms with van der Waals surface area (Å²) in [7, 11) is 0. The van der Waals surface area contributed by atoms with Gasteiger partial charge in [0.05, 0.1) is 10.0 Å². The fourth-order valence-corrected chi connectivity index (χ4v) is 4.50. The van der Waals surface area contributed by atoms with Crippen LogP contribution in [0.15, 0.2) is 60.9 Å². The maximum absolute atomic E-state index is 13.2. The first-order valence-corrected chi connectivity index (χ1v) is 10.9. The molecule has 0 saturated carbocycles. The predicted octanol–water partition coefficient (Wildman–Crippen LogP) is 5.83. The Morgan fingerprint density at radius 1 is 1.00 bits per heavy atom. The van der Waals surface area contributed by atoms with Crippen molar-refractivity contribution < 1.29 is 13.2 Å². The van der Waals surface area contributed by atoms with Crippen molar-refractivity contribution >= 4 is 29.0 Å². The van der Waals surface area contributed by atoms with E-state index >= 15 is 0 Å². The molecule has 1 aliphatic rings. The fraction of sp³-hybridized carbons (Fsp3) is 0.304. The van der Waals surface area contributed by atoms with Crippen LogP contribution in [0, 0.1) is 5.92 Å². The molecule has 0 radical (unpaired) electrons. The molecule has 3 atom stereocenters. The van der Waals surface area contributed by atoms with E-state index in [1.807, 2.05) is 42.5 Å². The van der Waals surface area contributed by atoms with Crippen LogP contribution in [0.4, 0.5) is 19.0 Å². The first kappa shape index (κ1) is 22.8. The van der Waals surface area contributed by atoms with E-state index in [4.69, 9.17) is 23.2 Å². The highest BCUT2D eigenvalue weighted by Crippen LogP contribution is 2.36. The number of nitrogens with zero attached hydrogens (tertiary/aromatic N) is 2. The Labute approximate surface area is 194 Å². The summed E-state index contributed by atoms with van der Waals surface area (Å²) >= 11 is 12.3. The summed E-state index contributed by atoms with van der Waals surface area (Å²) in [4.78, 5) is 7.41. The van der Waals surface area contributed by atoms with Crippen molar-refractivity contribution in [2.75, 3.05) is 18.4 Å². The molecule has 3 unspecified atom stereocenters. The first-order chi connectivity index (χ1) is 15.3. The standard InChI is InChI=1S/C23H21Cl2F3N4/c24-18-7-6-15(9-19(18)25)16-11-29-12-17(16)20(8-14-4-2-1-3-5-14)32-22-10-21(23(26,27)28)30-13-31-22/h1-7,9-10,13,16-17,20,29H,8,11-12H2,(H,30,31,32). The zero-order valence-electron chi connectivity index (χ0n) is 16.9. The van der Waals surface area contributed by atoms with Crippen LogP contribution < -0.4 is 10.6 Å². The van der Waals surface area contributed by atoms with E-state index in [0.29, 0.717) is 23.0 Å². The highest BCUT2D eigenvalue weighted by atomic mass is 35.5. The Morgan fingerprint density at radius 2 is 1.78 bits per heavy atom. The van der Waals surface area contributed by atoms with Crippen molar-refractivity contribution in [3.63, 3.8) is 0 Å². The molecule has 1 saturated heterocycles. The monoisotopic (exact) mass is 480 g/mol. The van der Waals surface area contributed by atoms with Crippen molar-refractivity contribution in [1.82, 2.24) is 15.3 Å². The minimum absolute atomic E-state index is 0.0803. The number of hydrogen-bond donors (Lipinski definition) is 2. The van der Waals surface area contributed by atoms with Crippen molar-refractivity contribution in [2.45, 2.75) is 24.6 Å². The molecular formula is C23H21Cl2F3N4. The Morgan fingerprint density at radius 3 is 2.50 bits per heavy atom. The Hall–Kier alpha value is -2.35. The SMILES string of the molecule is FC(F)(F)c1cc(NC(Cc2ccccc2)C2CNCC2c2ccc(Cl)c(Cl)c2)ncn1. The van der Waals surface area contributed by atoms with Gasteiger partial charge in [-0.3, -0.25) is 0 Å². The van der Waals surface area contributed by atoms with Gasteiger partial charge in [0, 0.05) is 31.1 Å². The minimum atomic E-state index is -4.54. The highest BCUT2D eigenvalue weighted by molar-refractivity contribution is 6.42. The van der Waals surface area contributed by atoms with Gasteiger partial charge in [-0.1, -0.05) is 59.6 Å². The zero-order valence-corrected chi connectivity index (χ0v) is 18.4. The third kappa shape index (κ3) is 5.34. The van der Waals surface area contributed by atoms with Gasteiger partial charge < -0.3 is 10.6 Å². The van der Waals surface area contributed by atoms with E-state index in [2.05, 4.69) is 20.6 Å². The van der Waals surface area contributed by atoms with E-state index in [9.17, 15) is 13.2 Å². The van der Waals surface area contributed by atoms with Crippen molar-refractivity contribution in [3.8, 4) is 0 Å². The average Bonchev–Trinajstić information content (AvgIpc) is 3.25. The summed E-state index contributed by atoms with van der Waals surface area (Å²) in [6.45, 7) is 1.43.